The van der Waals surface area contributed by atoms with Gasteiger partial charge in [-0.3, -0.25) is 0 Å². The first-order chi connectivity index (χ1) is 17.8. The Balaban J connectivity index is 1.44. The molecule has 0 bridgehead atoms. The lowest BCUT2D eigenvalue weighted by atomic mass is 10.1. The number of hydrogen-bond donors (Lipinski definition) is 1. The smallest absolute Gasteiger partial charge is 0.335 e. The van der Waals surface area contributed by atoms with Gasteiger partial charge in [-0.2, -0.15) is 0 Å². The molecule has 0 amide bonds. The van der Waals surface area contributed by atoms with Crippen molar-refractivity contribution in [2.45, 2.75) is 33.0 Å². The summed E-state index contributed by atoms with van der Waals surface area (Å²) in [6.45, 7) is 4.52. The standard InChI is InChI=1S/C29H25Cl2NO5/c1-18(2)28-25(27(32-37-28)17-36-23-12-9-22(30)10-13-23)16-35-24-11-8-20(26(31)15-24)7-6-19-4-3-5-21(14-19)29(33)34/h3-15,18H,16-17H2,1-2H3,(H,33,34)/b7-6+. The van der Waals surface area contributed by atoms with Gasteiger partial charge in [-0.25, -0.2) is 4.79 Å². The summed E-state index contributed by atoms with van der Waals surface area (Å²) in [7, 11) is 0. The van der Waals surface area contributed by atoms with Crippen LogP contribution >= 0.6 is 23.2 Å². The Morgan fingerprint density at radius 1 is 0.973 bits per heavy atom. The molecule has 190 valence electrons. The molecule has 0 saturated heterocycles. The van der Waals surface area contributed by atoms with Gasteiger partial charge >= 0.3 is 5.97 Å². The fourth-order valence-corrected chi connectivity index (χ4v) is 3.97. The molecule has 0 unspecified atom stereocenters. The largest absolute Gasteiger partial charge is 0.489 e. The van der Waals surface area contributed by atoms with Gasteiger partial charge in [-0.1, -0.05) is 66.5 Å². The fourth-order valence-electron chi connectivity index (χ4n) is 3.61. The third kappa shape index (κ3) is 6.94. The topological polar surface area (TPSA) is 81.8 Å². The monoisotopic (exact) mass is 537 g/mol. The minimum atomic E-state index is -0.970. The van der Waals surface area contributed by atoms with Crippen LogP contribution in [0.4, 0.5) is 0 Å². The predicted octanol–water partition coefficient (Wildman–Crippen LogP) is 8.13. The third-order valence-corrected chi connectivity index (χ3v) is 6.14. The van der Waals surface area contributed by atoms with Crippen molar-refractivity contribution in [1.82, 2.24) is 5.16 Å². The normalized spacial score (nSPS) is 11.3. The predicted molar refractivity (Wildman–Crippen MR) is 144 cm³/mol. The van der Waals surface area contributed by atoms with Crippen LogP contribution in [-0.4, -0.2) is 16.2 Å². The molecule has 0 fully saturated rings. The number of halogens is 2. The number of hydrogen-bond acceptors (Lipinski definition) is 5. The molecular weight excluding hydrogens is 513 g/mol. The molecule has 37 heavy (non-hydrogen) atoms. The Morgan fingerprint density at radius 2 is 1.70 bits per heavy atom. The van der Waals surface area contributed by atoms with Crippen molar-refractivity contribution in [3.63, 3.8) is 0 Å². The van der Waals surface area contributed by atoms with Crippen LogP contribution < -0.4 is 9.47 Å². The summed E-state index contributed by atoms with van der Waals surface area (Å²) in [5, 5.41) is 14.5. The summed E-state index contributed by atoms with van der Waals surface area (Å²) in [5.41, 5.74) is 3.26. The maximum absolute atomic E-state index is 11.2. The number of aromatic carboxylic acids is 1. The van der Waals surface area contributed by atoms with E-state index in [9.17, 15) is 4.79 Å². The lowest BCUT2D eigenvalue weighted by Crippen LogP contribution is -2.05. The van der Waals surface area contributed by atoms with Crippen LogP contribution in [0.1, 0.15) is 58.3 Å². The second-order valence-corrected chi connectivity index (χ2v) is 9.45. The quantitative estimate of drug-likeness (QED) is 0.205. The van der Waals surface area contributed by atoms with Gasteiger partial charge < -0.3 is 19.1 Å². The molecule has 6 nitrogen and oxygen atoms in total. The average molecular weight is 538 g/mol. The molecule has 1 aromatic heterocycles. The Kier molecular flexibility index (Phi) is 8.54. The minimum absolute atomic E-state index is 0.117. The van der Waals surface area contributed by atoms with Crippen molar-refractivity contribution in [1.29, 1.82) is 0 Å². The molecule has 8 heteroatoms. The minimum Gasteiger partial charge on any atom is -0.489 e. The summed E-state index contributed by atoms with van der Waals surface area (Å²) in [4.78, 5) is 11.2. The molecule has 0 saturated carbocycles. The summed E-state index contributed by atoms with van der Waals surface area (Å²) in [5.74, 6) is 1.16. The van der Waals surface area contributed by atoms with Crippen molar-refractivity contribution in [3.05, 3.63) is 110 Å². The van der Waals surface area contributed by atoms with Gasteiger partial charge in [-0.05, 0) is 65.7 Å². The number of carbonyl (C=O) groups is 1. The van der Waals surface area contributed by atoms with Gasteiger partial charge in [0.25, 0.3) is 0 Å². The molecule has 0 atom stereocenters. The highest BCUT2D eigenvalue weighted by molar-refractivity contribution is 6.32. The van der Waals surface area contributed by atoms with Crippen molar-refractivity contribution >= 4 is 41.3 Å². The molecule has 4 rings (SSSR count). The average Bonchev–Trinajstić information content (AvgIpc) is 3.30. The molecule has 0 aliphatic carbocycles. The zero-order valence-corrected chi connectivity index (χ0v) is 21.8. The van der Waals surface area contributed by atoms with Crippen LogP contribution in [0.5, 0.6) is 11.5 Å². The molecule has 1 N–H and O–H groups in total. The van der Waals surface area contributed by atoms with Crippen LogP contribution in [0.25, 0.3) is 12.2 Å². The van der Waals surface area contributed by atoms with E-state index in [1.54, 1.807) is 48.5 Å². The van der Waals surface area contributed by atoms with E-state index in [4.69, 9.17) is 42.3 Å². The van der Waals surface area contributed by atoms with E-state index in [0.29, 0.717) is 27.2 Å². The van der Waals surface area contributed by atoms with E-state index in [1.165, 1.54) is 0 Å². The third-order valence-electron chi connectivity index (χ3n) is 5.56. The second kappa shape index (κ2) is 12.0. The van der Waals surface area contributed by atoms with E-state index in [-0.39, 0.29) is 24.7 Å². The van der Waals surface area contributed by atoms with Gasteiger partial charge in [0.15, 0.2) is 0 Å². The van der Waals surface area contributed by atoms with Crippen molar-refractivity contribution in [3.8, 4) is 11.5 Å². The molecule has 0 aliphatic rings. The molecule has 0 aliphatic heterocycles. The number of carboxylic acids is 1. The molecular formula is C29H25Cl2NO5. The van der Waals surface area contributed by atoms with Crippen molar-refractivity contribution in [2.24, 2.45) is 0 Å². The number of benzene rings is 3. The summed E-state index contributed by atoms with van der Waals surface area (Å²) in [6, 6.07) is 19.2. The fraction of sp³-hybridized carbons (Fsp3) is 0.172. The highest BCUT2D eigenvalue weighted by Crippen LogP contribution is 2.28. The lowest BCUT2D eigenvalue weighted by Gasteiger charge is -2.11. The van der Waals surface area contributed by atoms with Gasteiger partial charge in [0.1, 0.15) is 36.2 Å². The zero-order chi connectivity index (χ0) is 26.4. The van der Waals surface area contributed by atoms with E-state index in [1.807, 2.05) is 44.2 Å². The van der Waals surface area contributed by atoms with E-state index >= 15 is 0 Å². The van der Waals surface area contributed by atoms with Gasteiger partial charge in [-0.15, -0.1) is 0 Å². The highest BCUT2D eigenvalue weighted by Gasteiger charge is 2.20. The zero-order valence-electron chi connectivity index (χ0n) is 20.3. The Bertz CT molecular complexity index is 1410. The Labute approximate surface area is 225 Å². The molecule has 0 spiro atoms. The van der Waals surface area contributed by atoms with Crippen LogP contribution in [0.3, 0.4) is 0 Å². The number of nitrogens with zero attached hydrogens (tertiary/aromatic N) is 1. The lowest BCUT2D eigenvalue weighted by molar-refractivity contribution is 0.0697. The van der Waals surface area contributed by atoms with Gasteiger partial charge in [0, 0.05) is 10.9 Å². The van der Waals surface area contributed by atoms with Crippen LogP contribution in [0, 0.1) is 0 Å². The number of rotatable bonds is 10. The van der Waals surface area contributed by atoms with E-state index in [2.05, 4.69) is 5.16 Å². The van der Waals surface area contributed by atoms with Gasteiger partial charge in [0.2, 0.25) is 0 Å². The first-order valence-corrected chi connectivity index (χ1v) is 12.3. The number of ether oxygens (including phenoxy) is 2. The maximum atomic E-state index is 11.2. The second-order valence-electron chi connectivity index (χ2n) is 8.61. The first kappa shape index (κ1) is 26.3. The van der Waals surface area contributed by atoms with Crippen LogP contribution in [0.15, 0.2) is 71.3 Å². The SMILES string of the molecule is CC(C)c1onc(COc2ccc(Cl)cc2)c1COc1ccc(/C=C/c2cccc(C(=O)O)c2)c(Cl)c1. The van der Waals surface area contributed by atoms with Crippen LogP contribution in [0.2, 0.25) is 10.0 Å². The summed E-state index contributed by atoms with van der Waals surface area (Å²) < 4.78 is 17.5. The van der Waals surface area contributed by atoms with Crippen LogP contribution in [-0.2, 0) is 13.2 Å². The molecule has 1 heterocycles. The molecule has 3 aromatic carbocycles. The Morgan fingerprint density at radius 3 is 2.41 bits per heavy atom. The number of aromatic nitrogens is 1. The van der Waals surface area contributed by atoms with Gasteiger partial charge in [0.05, 0.1) is 16.1 Å². The van der Waals surface area contributed by atoms with E-state index in [0.717, 1.165) is 22.5 Å². The summed E-state index contributed by atoms with van der Waals surface area (Å²) >= 11 is 12.4. The maximum Gasteiger partial charge on any atom is 0.335 e. The molecule has 4 aromatic rings. The Hall–Kier alpha value is -3.74. The summed E-state index contributed by atoms with van der Waals surface area (Å²) in [6.07, 6.45) is 3.64. The molecule has 0 radical (unpaired) electrons. The highest BCUT2D eigenvalue weighted by atomic mass is 35.5. The van der Waals surface area contributed by atoms with Crippen molar-refractivity contribution < 1.29 is 23.9 Å². The number of carboxylic acid groups (broad SMARTS) is 1. The first-order valence-electron chi connectivity index (χ1n) is 11.6. The van der Waals surface area contributed by atoms with E-state index < -0.39 is 5.97 Å². The van der Waals surface area contributed by atoms with Crippen molar-refractivity contribution in [2.75, 3.05) is 0 Å².